The van der Waals surface area contributed by atoms with Crippen LogP contribution >= 0.6 is 23.6 Å². The number of H-pyrrole nitrogens is 1. The Morgan fingerprint density at radius 1 is 1.33 bits per heavy atom. The number of rotatable bonds is 0. The van der Waals surface area contributed by atoms with Crippen molar-refractivity contribution in [2.45, 2.75) is 38.5 Å². The number of hydrogen-bond donors (Lipinski definition) is 1. The van der Waals surface area contributed by atoms with Gasteiger partial charge in [-0.2, -0.15) is 0 Å². The average molecular weight is 199 g/mol. The molecule has 1 aliphatic rings. The smallest absolute Gasteiger partial charge is 0.158 e. The first-order valence-electron chi connectivity index (χ1n) is 4.41. The first kappa shape index (κ1) is 8.45. The molecule has 0 bridgehead atoms. The van der Waals surface area contributed by atoms with Gasteiger partial charge in [-0.25, -0.2) is 0 Å². The number of hydrogen-bond acceptors (Lipinski definition) is 2. The lowest BCUT2D eigenvalue weighted by molar-refractivity contribution is 0.525. The maximum atomic E-state index is 5.15. The van der Waals surface area contributed by atoms with Crippen molar-refractivity contribution in [1.29, 1.82) is 0 Å². The van der Waals surface area contributed by atoms with Crippen LogP contribution < -0.4 is 0 Å². The van der Waals surface area contributed by atoms with Gasteiger partial charge in [0, 0.05) is 10.6 Å². The van der Waals surface area contributed by atoms with Crippen molar-refractivity contribution in [3.8, 4) is 0 Å². The SMILES string of the molecule is CC1CCC(C)c2sc(=S)[nH]c21. The molecule has 1 aromatic heterocycles. The van der Waals surface area contributed by atoms with Crippen LogP contribution in [0.5, 0.6) is 0 Å². The molecule has 0 aliphatic heterocycles. The molecule has 1 aromatic rings. The number of nitrogens with one attached hydrogen (secondary N) is 1. The van der Waals surface area contributed by atoms with Crippen LogP contribution in [-0.4, -0.2) is 4.98 Å². The van der Waals surface area contributed by atoms with Crippen molar-refractivity contribution in [1.82, 2.24) is 4.98 Å². The Hall–Kier alpha value is -0.150. The van der Waals surface area contributed by atoms with Crippen molar-refractivity contribution < 1.29 is 0 Å². The molecule has 0 spiro atoms. The van der Waals surface area contributed by atoms with E-state index in [9.17, 15) is 0 Å². The Bertz CT molecular complexity index is 306. The molecule has 1 nitrogen and oxygen atoms in total. The summed E-state index contributed by atoms with van der Waals surface area (Å²) in [6, 6.07) is 0. The lowest BCUT2D eigenvalue weighted by Gasteiger charge is -2.22. The predicted octanol–water partition coefficient (Wildman–Crippen LogP) is 3.81. The summed E-state index contributed by atoms with van der Waals surface area (Å²) in [7, 11) is 0. The highest BCUT2D eigenvalue weighted by Gasteiger charge is 2.23. The third-order valence-electron chi connectivity index (χ3n) is 2.68. The maximum absolute atomic E-state index is 5.15. The fourth-order valence-electron chi connectivity index (χ4n) is 1.86. The van der Waals surface area contributed by atoms with Gasteiger partial charge in [0.1, 0.15) is 0 Å². The third-order valence-corrected chi connectivity index (χ3v) is 4.16. The van der Waals surface area contributed by atoms with Gasteiger partial charge in [0.05, 0.1) is 0 Å². The second-order valence-corrected chi connectivity index (χ2v) is 5.39. The largest absolute Gasteiger partial charge is 0.340 e. The molecule has 0 saturated carbocycles. The average Bonchev–Trinajstić information content (AvgIpc) is 2.41. The van der Waals surface area contributed by atoms with Crippen LogP contribution in [0.3, 0.4) is 0 Å². The zero-order chi connectivity index (χ0) is 8.72. The number of aromatic amines is 1. The molecule has 0 amide bonds. The van der Waals surface area contributed by atoms with E-state index in [0.717, 1.165) is 3.95 Å². The van der Waals surface area contributed by atoms with Gasteiger partial charge in [-0.1, -0.05) is 13.8 Å². The van der Waals surface area contributed by atoms with E-state index in [2.05, 4.69) is 18.8 Å². The maximum Gasteiger partial charge on any atom is 0.158 e. The molecule has 1 aliphatic carbocycles. The lowest BCUT2D eigenvalue weighted by atomic mass is 9.86. The van der Waals surface area contributed by atoms with Crippen molar-refractivity contribution in [3.63, 3.8) is 0 Å². The van der Waals surface area contributed by atoms with Crippen LogP contribution in [-0.2, 0) is 0 Å². The van der Waals surface area contributed by atoms with E-state index in [4.69, 9.17) is 12.2 Å². The van der Waals surface area contributed by atoms with Crippen LogP contribution in [0.15, 0.2) is 0 Å². The predicted molar refractivity (Wildman–Crippen MR) is 55.6 cm³/mol. The molecule has 2 unspecified atom stereocenters. The van der Waals surface area contributed by atoms with E-state index in [1.54, 1.807) is 11.3 Å². The summed E-state index contributed by atoms with van der Waals surface area (Å²) in [5.41, 5.74) is 1.41. The van der Waals surface area contributed by atoms with Gasteiger partial charge in [0.2, 0.25) is 0 Å². The number of aromatic nitrogens is 1. The van der Waals surface area contributed by atoms with Gasteiger partial charge in [-0.3, -0.25) is 0 Å². The molecule has 66 valence electrons. The van der Waals surface area contributed by atoms with Gasteiger partial charge in [-0.15, -0.1) is 11.3 Å². The van der Waals surface area contributed by atoms with Crippen LogP contribution in [0.4, 0.5) is 0 Å². The topological polar surface area (TPSA) is 15.8 Å². The van der Waals surface area contributed by atoms with Crippen molar-refractivity contribution >= 4 is 23.6 Å². The number of thiazole rings is 1. The summed E-state index contributed by atoms with van der Waals surface area (Å²) in [5, 5.41) is 0. The second kappa shape index (κ2) is 2.96. The summed E-state index contributed by atoms with van der Waals surface area (Å²) in [6.07, 6.45) is 2.62. The van der Waals surface area contributed by atoms with Crippen molar-refractivity contribution in [2.75, 3.05) is 0 Å². The highest BCUT2D eigenvalue weighted by molar-refractivity contribution is 7.73. The van der Waals surface area contributed by atoms with E-state index in [1.807, 2.05) is 0 Å². The molecule has 12 heavy (non-hydrogen) atoms. The molecule has 2 rings (SSSR count). The molecule has 0 saturated heterocycles. The van der Waals surface area contributed by atoms with Gasteiger partial charge in [0.15, 0.2) is 3.95 Å². The van der Waals surface area contributed by atoms with Crippen LogP contribution in [0, 0.1) is 3.95 Å². The van der Waals surface area contributed by atoms with E-state index in [-0.39, 0.29) is 0 Å². The molecule has 1 N–H and O–H groups in total. The van der Waals surface area contributed by atoms with E-state index in [0.29, 0.717) is 11.8 Å². The van der Waals surface area contributed by atoms with E-state index >= 15 is 0 Å². The minimum Gasteiger partial charge on any atom is -0.340 e. The molecule has 2 atom stereocenters. The summed E-state index contributed by atoms with van der Waals surface area (Å²) in [4.78, 5) is 4.81. The minimum absolute atomic E-state index is 0.684. The summed E-state index contributed by atoms with van der Waals surface area (Å²) in [6.45, 7) is 4.58. The Morgan fingerprint density at radius 2 is 2.00 bits per heavy atom. The molecule has 1 heterocycles. The lowest BCUT2D eigenvalue weighted by Crippen LogP contribution is -2.08. The second-order valence-electron chi connectivity index (χ2n) is 3.67. The summed E-state index contributed by atoms with van der Waals surface area (Å²) < 4.78 is 0.945. The van der Waals surface area contributed by atoms with Crippen molar-refractivity contribution in [2.24, 2.45) is 0 Å². The first-order chi connectivity index (χ1) is 5.68. The quantitative estimate of drug-likeness (QED) is 0.628. The van der Waals surface area contributed by atoms with Crippen molar-refractivity contribution in [3.05, 3.63) is 14.5 Å². The van der Waals surface area contributed by atoms with E-state index < -0.39 is 0 Å². The highest BCUT2D eigenvalue weighted by atomic mass is 32.1. The monoisotopic (exact) mass is 199 g/mol. The fourth-order valence-corrected chi connectivity index (χ4v) is 3.28. The third kappa shape index (κ3) is 1.25. The molecule has 0 aromatic carbocycles. The van der Waals surface area contributed by atoms with Crippen LogP contribution in [0.2, 0.25) is 0 Å². The molecule has 0 fully saturated rings. The minimum atomic E-state index is 0.684. The first-order valence-corrected chi connectivity index (χ1v) is 5.64. The summed E-state index contributed by atoms with van der Waals surface area (Å²) >= 11 is 6.91. The zero-order valence-electron chi connectivity index (χ0n) is 7.39. The van der Waals surface area contributed by atoms with Crippen LogP contribution in [0.25, 0.3) is 0 Å². The molecular formula is C9H13NS2. The van der Waals surface area contributed by atoms with E-state index in [1.165, 1.54) is 23.4 Å². The van der Waals surface area contributed by atoms with Gasteiger partial charge < -0.3 is 4.98 Å². The Kier molecular flexibility index (Phi) is 2.09. The van der Waals surface area contributed by atoms with Gasteiger partial charge in [0.25, 0.3) is 0 Å². The van der Waals surface area contributed by atoms with Gasteiger partial charge >= 0.3 is 0 Å². The number of fused-ring (bicyclic) bond motifs is 1. The Labute approximate surface area is 81.8 Å². The Balaban J connectivity index is 2.54. The highest BCUT2D eigenvalue weighted by Crippen LogP contribution is 2.40. The fraction of sp³-hybridized carbons (Fsp3) is 0.667. The van der Waals surface area contributed by atoms with Gasteiger partial charge in [-0.05, 0) is 36.9 Å². The normalized spacial score (nSPS) is 28.5. The molecule has 3 heteroatoms. The zero-order valence-corrected chi connectivity index (χ0v) is 9.02. The molecular weight excluding hydrogens is 186 g/mol. The summed E-state index contributed by atoms with van der Waals surface area (Å²) in [5.74, 6) is 1.40. The standard InChI is InChI=1S/C9H13NS2/c1-5-3-4-6(2)8-7(5)10-9(11)12-8/h5-6H,3-4H2,1-2H3,(H,10,11). The van der Waals surface area contributed by atoms with Crippen LogP contribution in [0.1, 0.15) is 49.1 Å². The Morgan fingerprint density at radius 3 is 2.67 bits per heavy atom. The molecule has 0 radical (unpaired) electrons.